The molecule has 0 bridgehead atoms. The zero-order valence-electron chi connectivity index (χ0n) is 13.0. The summed E-state index contributed by atoms with van der Waals surface area (Å²) in [6.45, 7) is 14.8. The van der Waals surface area contributed by atoms with Crippen molar-refractivity contribution < 1.29 is 4.79 Å². The zero-order valence-corrected chi connectivity index (χ0v) is 13.0. The van der Waals surface area contributed by atoms with Crippen LogP contribution in [0, 0.1) is 16.7 Å². The zero-order chi connectivity index (χ0) is 14.6. The number of nitrogens with one attached hydrogen (secondary N) is 1. The van der Waals surface area contributed by atoms with Crippen molar-refractivity contribution in [2.45, 2.75) is 48.5 Å². The number of hydrogen-bond donors (Lipinski definition) is 1. The maximum absolute atomic E-state index is 11.8. The van der Waals surface area contributed by atoms with Crippen LogP contribution < -0.4 is 5.32 Å². The van der Waals surface area contributed by atoms with Crippen LogP contribution in [0.25, 0.3) is 0 Å². The summed E-state index contributed by atoms with van der Waals surface area (Å²) in [6, 6.07) is 0. The number of carbonyl (C=O) groups is 1. The summed E-state index contributed by atoms with van der Waals surface area (Å²) >= 11 is 0. The Morgan fingerprint density at radius 2 is 1.79 bits per heavy atom. The summed E-state index contributed by atoms with van der Waals surface area (Å²) in [5.74, 6) is 0.103. The predicted molar refractivity (Wildman–Crippen MR) is 78.8 cm³/mol. The predicted octanol–water partition coefficient (Wildman–Crippen LogP) is 3.44. The van der Waals surface area contributed by atoms with Crippen molar-refractivity contribution in [2.24, 2.45) is 21.7 Å². The molecule has 1 fully saturated rings. The molecule has 0 aromatic rings. The van der Waals surface area contributed by atoms with E-state index in [-0.39, 0.29) is 22.7 Å². The lowest BCUT2D eigenvalue weighted by Gasteiger charge is -2.23. The quantitative estimate of drug-likeness (QED) is 0.771. The molecular weight excluding hydrogens is 236 g/mol. The fraction of sp³-hybridized carbons (Fsp3) is 0.625. The summed E-state index contributed by atoms with van der Waals surface area (Å²) in [4.78, 5) is 16.5. The molecule has 0 aromatic heterocycles. The molecule has 19 heavy (non-hydrogen) atoms. The van der Waals surface area contributed by atoms with E-state index in [1.807, 2.05) is 6.92 Å². The number of carbonyl (C=O) groups excluding carboxylic acids is 1. The molecule has 2 aliphatic rings. The van der Waals surface area contributed by atoms with Gasteiger partial charge in [0.05, 0.1) is 5.70 Å². The molecule has 1 amide bonds. The van der Waals surface area contributed by atoms with Gasteiger partial charge in [-0.15, -0.1) is 0 Å². The molecule has 1 unspecified atom stereocenters. The van der Waals surface area contributed by atoms with E-state index in [9.17, 15) is 4.79 Å². The van der Waals surface area contributed by atoms with Crippen LogP contribution in [-0.2, 0) is 4.79 Å². The Morgan fingerprint density at radius 1 is 1.21 bits per heavy atom. The Morgan fingerprint density at radius 3 is 2.16 bits per heavy atom. The van der Waals surface area contributed by atoms with Crippen molar-refractivity contribution in [1.29, 1.82) is 0 Å². The summed E-state index contributed by atoms with van der Waals surface area (Å²) in [6.07, 6.45) is 2.05. The minimum Gasteiger partial charge on any atom is -0.329 e. The van der Waals surface area contributed by atoms with Crippen molar-refractivity contribution in [3.8, 4) is 0 Å². The SMILES string of the molecule is CC1=NC(/C=C2\NC(=O)C(C)C2(C)C)=C(C)C1(C)C. The molecular formula is C16H24N2O. The minimum absolute atomic E-state index is 0.000791. The van der Waals surface area contributed by atoms with Gasteiger partial charge in [0.15, 0.2) is 0 Å². The van der Waals surface area contributed by atoms with E-state index in [4.69, 9.17) is 0 Å². The second-order valence-corrected chi connectivity index (χ2v) is 6.82. The van der Waals surface area contributed by atoms with Gasteiger partial charge in [0.2, 0.25) is 5.91 Å². The Balaban J connectivity index is 2.45. The van der Waals surface area contributed by atoms with Crippen molar-refractivity contribution in [2.75, 3.05) is 0 Å². The van der Waals surface area contributed by atoms with Crippen molar-refractivity contribution in [3.63, 3.8) is 0 Å². The number of nitrogens with zero attached hydrogens (tertiary/aromatic N) is 1. The van der Waals surface area contributed by atoms with E-state index >= 15 is 0 Å². The monoisotopic (exact) mass is 260 g/mol. The number of rotatable bonds is 1. The molecule has 0 radical (unpaired) electrons. The van der Waals surface area contributed by atoms with Gasteiger partial charge in [-0.2, -0.15) is 0 Å². The first-order chi connectivity index (χ1) is 8.58. The highest BCUT2D eigenvalue weighted by Gasteiger charge is 2.42. The van der Waals surface area contributed by atoms with E-state index in [1.165, 1.54) is 5.57 Å². The summed E-state index contributed by atoms with van der Waals surface area (Å²) in [7, 11) is 0. The average molecular weight is 260 g/mol. The van der Waals surface area contributed by atoms with Gasteiger partial charge < -0.3 is 5.32 Å². The molecule has 1 N–H and O–H groups in total. The van der Waals surface area contributed by atoms with E-state index in [0.29, 0.717) is 0 Å². The van der Waals surface area contributed by atoms with Crippen molar-refractivity contribution in [3.05, 3.63) is 23.0 Å². The maximum atomic E-state index is 11.8. The van der Waals surface area contributed by atoms with Crippen molar-refractivity contribution >= 4 is 11.6 Å². The maximum Gasteiger partial charge on any atom is 0.227 e. The fourth-order valence-electron chi connectivity index (χ4n) is 2.46. The number of allylic oxidation sites excluding steroid dienone is 3. The highest BCUT2D eigenvalue weighted by molar-refractivity contribution is 5.94. The minimum atomic E-state index is -0.152. The normalized spacial score (nSPS) is 30.9. The van der Waals surface area contributed by atoms with Crippen LogP contribution in [0.1, 0.15) is 48.5 Å². The summed E-state index contributed by atoms with van der Waals surface area (Å²) in [5, 5.41) is 3.00. The molecule has 0 spiro atoms. The first kappa shape index (κ1) is 14.0. The van der Waals surface area contributed by atoms with Crippen LogP contribution in [0.2, 0.25) is 0 Å². The molecule has 3 nitrogen and oxygen atoms in total. The number of amides is 1. The molecule has 0 aromatic carbocycles. The Bertz CT molecular complexity index is 533. The first-order valence-corrected chi connectivity index (χ1v) is 6.88. The van der Waals surface area contributed by atoms with Gasteiger partial charge >= 0.3 is 0 Å². The molecule has 2 aliphatic heterocycles. The van der Waals surface area contributed by atoms with Gasteiger partial charge in [-0.05, 0) is 25.5 Å². The Hall–Kier alpha value is -1.38. The van der Waals surface area contributed by atoms with Gasteiger partial charge in [-0.1, -0.05) is 34.6 Å². The van der Waals surface area contributed by atoms with Crippen LogP contribution in [-0.4, -0.2) is 11.6 Å². The van der Waals surface area contributed by atoms with E-state index in [1.54, 1.807) is 0 Å². The molecule has 0 saturated carbocycles. The van der Waals surface area contributed by atoms with Crippen molar-refractivity contribution in [1.82, 2.24) is 5.32 Å². The van der Waals surface area contributed by atoms with Gasteiger partial charge in [0.25, 0.3) is 0 Å². The fourth-order valence-corrected chi connectivity index (χ4v) is 2.46. The lowest BCUT2D eigenvalue weighted by Crippen LogP contribution is -2.20. The lowest BCUT2D eigenvalue weighted by atomic mass is 9.79. The number of aliphatic imine (C=N–C) groups is 1. The van der Waals surface area contributed by atoms with Crippen LogP contribution >= 0.6 is 0 Å². The van der Waals surface area contributed by atoms with Crippen LogP contribution in [0.4, 0.5) is 0 Å². The molecule has 104 valence electrons. The molecule has 0 aliphatic carbocycles. The molecule has 1 atom stereocenters. The Kier molecular flexibility index (Phi) is 3.00. The third kappa shape index (κ3) is 1.96. The largest absolute Gasteiger partial charge is 0.329 e. The average Bonchev–Trinajstić information content (AvgIpc) is 2.61. The van der Waals surface area contributed by atoms with Gasteiger partial charge in [-0.3, -0.25) is 9.79 Å². The third-order valence-corrected chi connectivity index (χ3v) is 5.22. The second kappa shape index (κ2) is 4.06. The lowest BCUT2D eigenvalue weighted by molar-refractivity contribution is -0.123. The second-order valence-electron chi connectivity index (χ2n) is 6.82. The van der Waals surface area contributed by atoms with Crippen LogP contribution in [0.3, 0.4) is 0 Å². The summed E-state index contributed by atoms with van der Waals surface area (Å²) in [5.41, 5.74) is 4.24. The van der Waals surface area contributed by atoms with E-state index in [2.05, 4.69) is 57.9 Å². The standard InChI is InChI=1S/C16H24N2O/c1-9-12(17-11(3)15(9,4)5)8-13-16(6,7)10(2)14(19)18-13/h8,10H,1-7H3,(H,18,19)/b13-8-. The van der Waals surface area contributed by atoms with E-state index < -0.39 is 0 Å². The topological polar surface area (TPSA) is 41.5 Å². The van der Waals surface area contributed by atoms with Crippen LogP contribution in [0.15, 0.2) is 28.0 Å². The van der Waals surface area contributed by atoms with Crippen LogP contribution in [0.5, 0.6) is 0 Å². The molecule has 2 rings (SSSR count). The first-order valence-electron chi connectivity index (χ1n) is 6.88. The van der Waals surface area contributed by atoms with E-state index in [0.717, 1.165) is 17.1 Å². The molecule has 2 heterocycles. The highest BCUT2D eigenvalue weighted by atomic mass is 16.2. The molecule has 3 heteroatoms. The smallest absolute Gasteiger partial charge is 0.227 e. The van der Waals surface area contributed by atoms with Gasteiger partial charge in [0, 0.05) is 28.2 Å². The molecule has 1 saturated heterocycles. The van der Waals surface area contributed by atoms with Gasteiger partial charge in [0.1, 0.15) is 0 Å². The highest BCUT2D eigenvalue weighted by Crippen LogP contribution is 2.42. The van der Waals surface area contributed by atoms with Gasteiger partial charge in [-0.25, -0.2) is 0 Å². The third-order valence-electron chi connectivity index (χ3n) is 5.22. The Labute approximate surface area is 115 Å². The summed E-state index contributed by atoms with van der Waals surface area (Å²) < 4.78 is 0. The number of hydrogen-bond acceptors (Lipinski definition) is 2.